The fourth-order valence-corrected chi connectivity index (χ4v) is 3.32. The van der Waals surface area contributed by atoms with Gasteiger partial charge in [-0.15, -0.1) is 0 Å². The summed E-state index contributed by atoms with van der Waals surface area (Å²) in [6.07, 6.45) is 2.40. The number of hydrogen-bond acceptors (Lipinski definition) is 3. The van der Waals surface area contributed by atoms with Crippen molar-refractivity contribution in [3.05, 3.63) is 28.8 Å². The van der Waals surface area contributed by atoms with E-state index in [0.29, 0.717) is 22.7 Å². The minimum absolute atomic E-state index is 0.254. The van der Waals surface area contributed by atoms with Crippen LogP contribution in [-0.4, -0.2) is 41.7 Å². The Morgan fingerprint density at radius 3 is 2.68 bits per heavy atom. The first-order chi connectivity index (χ1) is 9.13. The van der Waals surface area contributed by atoms with Gasteiger partial charge < -0.3 is 15.3 Å². The van der Waals surface area contributed by atoms with Gasteiger partial charge in [0.15, 0.2) is 0 Å². The van der Waals surface area contributed by atoms with Crippen LogP contribution in [0.5, 0.6) is 0 Å². The van der Waals surface area contributed by atoms with Crippen molar-refractivity contribution in [1.82, 2.24) is 4.90 Å². The summed E-state index contributed by atoms with van der Waals surface area (Å²) in [5, 5.41) is 13.1. The molecule has 2 bridgehead atoms. The predicted octanol–water partition coefficient (Wildman–Crippen LogP) is 2.54. The van der Waals surface area contributed by atoms with Gasteiger partial charge in [-0.1, -0.05) is 11.6 Å². The predicted molar refractivity (Wildman–Crippen MR) is 75.0 cm³/mol. The second-order valence-electron chi connectivity index (χ2n) is 5.38. The van der Waals surface area contributed by atoms with E-state index in [1.54, 1.807) is 12.1 Å². The van der Waals surface area contributed by atoms with Crippen LogP contribution in [0.15, 0.2) is 18.2 Å². The molecule has 2 N–H and O–H groups in total. The third-order valence-electron chi connectivity index (χ3n) is 4.21. The molecule has 0 amide bonds. The van der Waals surface area contributed by atoms with Gasteiger partial charge in [0.2, 0.25) is 0 Å². The zero-order valence-electron chi connectivity index (χ0n) is 10.6. The molecule has 5 heteroatoms. The van der Waals surface area contributed by atoms with E-state index >= 15 is 0 Å². The number of carboxylic acid groups (broad SMARTS) is 1. The lowest BCUT2D eigenvalue weighted by molar-refractivity contribution is 0.0697. The summed E-state index contributed by atoms with van der Waals surface area (Å²) in [6.45, 7) is 3.36. The highest BCUT2D eigenvalue weighted by Gasteiger charge is 2.34. The summed E-state index contributed by atoms with van der Waals surface area (Å²) in [7, 11) is 0. The first-order valence-corrected chi connectivity index (χ1v) is 7.03. The van der Waals surface area contributed by atoms with Crippen LogP contribution < -0.4 is 5.32 Å². The van der Waals surface area contributed by atoms with Gasteiger partial charge >= 0.3 is 5.97 Å². The average molecular weight is 281 g/mol. The summed E-state index contributed by atoms with van der Waals surface area (Å²) in [6, 6.07) is 5.36. The maximum atomic E-state index is 11.3. The van der Waals surface area contributed by atoms with Crippen LogP contribution in [0, 0.1) is 5.92 Å². The van der Waals surface area contributed by atoms with E-state index in [9.17, 15) is 9.90 Å². The molecule has 0 saturated carbocycles. The van der Waals surface area contributed by atoms with Gasteiger partial charge in [-0.3, -0.25) is 0 Å². The maximum Gasteiger partial charge on any atom is 0.337 e. The number of nitrogens with one attached hydrogen (secondary N) is 1. The quantitative estimate of drug-likeness (QED) is 0.893. The first-order valence-electron chi connectivity index (χ1n) is 6.65. The van der Waals surface area contributed by atoms with Crippen LogP contribution in [-0.2, 0) is 0 Å². The lowest BCUT2D eigenvalue weighted by Gasteiger charge is -2.45. The van der Waals surface area contributed by atoms with Crippen molar-refractivity contribution in [3.63, 3.8) is 0 Å². The summed E-state index contributed by atoms with van der Waals surface area (Å²) >= 11 is 5.87. The number of carboxylic acids is 1. The average Bonchev–Trinajstić information content (AvgIpc) is 2.42. The van der Waals surface area contributed by atoms with Gasteiger partial charge in [-0.05, 0) is 50.0 Å². The number of aromatic carboxylic acids is 1. The highest BCUT2D eigenvalue weighted by molar-refractivity contribution is 6.31. The van der Waals surface area contributed by atoms with E-state index in [1.165, 1.54) is 32.0 Å². The third-order valence-corrected chi connectivity index (χ3v) is 4.44. The van der Waals surface area contributed by atoms with Crippen LogP contribution in [0.3, 0.4) is 0 Å². The Morgan fingerprint density at radius 2 is 2.11 bits per heavy atom. The molecule has 3 aliphatic heterocycles. The molecule has 1 aromatic carbocycles. The molecule has 3 saturated heterocycles. The zero-order chi connectivity index (χ0) is 13.4. The molecular formula is C14H17ClN2O2. The van der Waals surface area contributed by atoms with Crippen LogP contribution in [0.4, 0.5) is 5.69 Å². The van der Waals surface area contributed by atoms with Crippen LogP contribution in [0.25, 0.3) is 0 Å². The molecule has 0 aromatic heterocycles. The molecule has 3 fully saturated rings. The van der Waals surface area contributed by atoms with Gasteiger partial charge in [0, 0.05) is 23.3 Å². The fraction of sp³-hybridized carbons (Fsp3) is 0.500. The zero-order valence-corrected chi connectivity index (χ0v) is 11.4. The SMILES string of the molecule is O=C(O)c1cc(Cl)ccc1NC1CN2CCC1CC2. The van der Waals surface area contributed by atoms with Crippen molar-refractivity contribution in [3.8, 4) is 0 Å². The molecule has 1 unspecified atom stereocenters. The van der Waals surface area contributed by atoms with Gasteiger partial charge in [-0.25, -0.2) is 4.79 Å². The summed E-state index contributed by atoms with van der Waals surface area (Å²) in [4.78, 5) is 13.7. The number of anilines is 1. The van der Waals surface area contributed by atoms with Crippen LogP contribution in [0.2, 0.25) is 5.02 Å². The van der Waals surface area contributed by atoms with E-state index in [4.69, 9.17) is 11.6 Å². The minimum Gasteiger partial charge on any atom is -0.478 e. The molecule has 1 atom stereocenters. The van der Waals surface area contributed by atoms with E-state index in [0.717, 1.165) is 6.54 Å². The standard InChI is InChI=1S/C14H17ClN2O2/c15-10-1-2-12(11(7-10)14(18)19)16-13-8-17-5-3-9(13)4-6-17/h1-2,7,9,13,16H,3-6,8H2,(H,18,19). The summed E-state index contributed by atoms with van der Waals surface area (Å²) in [5.74, 6) is -0.284. The molecule has 0 radical (unpaired) electrons. The minimum atomic E-state index is -0.939. The number of nitrogens with zero attached hydrogens (tertiary/aromatic N) is 1. The number of benzene rings is 1. The summed E-state index contributed by atoms with van der Waals surface area (Å²) < 4.78 is 0. The monoisotopic (exact) mass is 280 g/mol. The van der Waals surface area contributed by atoms with Gasteiger partial charge in [0.25, 0.3) is 0 Å². The Morgan fingerprint density at radius 1 is 1.37 bits per heavy atom. The van der Waals surface area contributed by atoms with Crippen molar-refractivity contribution in [2.45, 2.75) is 18.9 Å². The highest BCUT2D eigenvalue weighted by atomic mass is 35.5. The van der Waals surface area contributed by atoms with Gasteiger partial charge in [0.1, 0.15) is 0 Å². The number of hydrogen-bond donors (Lipinski definition) is 2. The van der Waals surface area contributed by atoms with Gasteiger partial charge in [-0.2, -0.15) is 0 Å². The number of halogens is 1. The Hall–Kier alpha value is -1.26. The third kappa shape index (κ3) is 2.55. The molecule has 19 heavy (non-hydrogen) atoms. The van der Waals surface area contributed by atoms with Crippen molar-refractivity contribution in [2.24, 2.45) is 5.92 Å². The molecular weight excluding hydrogens is 264 g/mol. The largest absolute Gasteiger partial charge is 0.478 e. The lowest BCUT2D eigenvalue weighted by Crippen LogP contribution is -2.53. The molecule has 0 spiro atoms. The van der Waals surface area contributed by atoms with Crippen LogP contribution >= 0.6 is 11.6 Å². The Balaban J connectivity index is 1.81. The number of piperidine rings is 3. The van der Waals surface area contributed by atoms with Crippen molar-refractivity contribution in [1.29, 1.82) is 0 Å². The Labute approximate surface area is 117 Å². The Bertz CT molecular complexity index is 498. The molecule has 4 rings (SSSR count). The molecule has 4 nitrogen and oxygen atoms in total. The normalized spacial score (nSPS) is 29.2. The van der Waals surface area contributed by atoms with E-state index in [2.05, 4.69) is 10.2 Å². The number of fused-ring (bicyclic) bond motifs is 3. The summed E-state index contributed by atoms with van der Waals surface area (Å²) in [5.41, 5.74) is 0.930. The van der Waals surface area contributed by atoms with Crippen molar-refractivity contribution < 1.29 is 9.90 Å². The molecule has 3 aliphatic rings. The Kier molecular flexibility index (Phi) is 3.37. The van der Waals surface area contributed by atoms with Crippen LogP contribution in [0.1, 0.15) is 23.2 Å². The molecule has 0 aliphatic carbocycles. The number of rotatable bonds is 3. The first kappa shape index (κ1) is 12.8. The fourth-order valence-electron chi connectivity index (χ4n) is 3.15. The topological polar surface area (TPSA) is 52.6 Å². The molecule has 1 aromatic rings. The second-order valence-corrected chi connectivity index (χ2v) is 5.82. The van der Waals surface area contributed by atoms with Crippen molar-refractivity contribution in [2.75, 3.05) is 25.0 Å². The van der Waals surface area contributed by atoms with Gasteiger partial charge in [0.05, 0.1) is 5.56 Å². The lowest BCUT2D eigenvalue weighted by atomic mass is 9.84. The smallest absolute Gasteiger partial charge is 0.337 e. The van der Waals surface area contributed by atoms with E-state index in [-0.39, 0.29) is 5.56 Å². The highest BCUT2D eigenvalue weighted by Crippen LogP contribution is 2.31. The number of carbonyl (C=O) groups is 1. The second kappa shape index (κ2) is 5.02. The van der Waals surface area contributed by atoms with E-state index < -0.39 is 5.97 Å². The molecule has 102 valence electrons. The van der Waals surface area contributed by atoms with E-state index in [1.807, 2.05) is 0 Å². The maximum absolute atomic E-state index is 11.3. The molecule has 3 heterocycles. The van der Waals surface area contributed by atoms with Crippen molar-refractivity contribution >= 4 is 23.3 Å².